The Morgan fingerprint density at radius 3 is 2.83 bits per heavy atom. The third kappa shape index (κ3) is 4.86. The van der Waals surface area contributed by atoms with Crippen molar-refractivity contribution in [2.45, 2.75) is 39.3 Å². The predicted molar refractivity (Wildman–Crippen MR) is 150 cm³/mol. The second-order valence-electron chi connectivity index (χ2n) is 9.43. The fraction of sp³-hybridized carbons (Fsp3) is 0.267. The molecule has 1 amide bonds. The van der Waals surface area contributed by atoms with E-state index in [9.17, 15) is 19.5 Å². The number of hydrogen-bond acceptors (Lipinski definition) is 9. The Morgan fingerprint density at radius 2 is 2.08 bits per heavy atom. The van der Waals surface area contributed by atoms with E-state index in [2.05, 4.69) is 11.6 Å². The van der Waals surface area contributed by atoms with Gasteiger partial charge in [-0.25, -0.2) is 9.78 Å². The van der Waals surface area contributed by atoms with Gasteiger partial charge < -0.3 is 19.3 Å². The number of carbonyl (C=O) groups excluding carboxylic acids is 3. The number of carbonyl (C=O) groups is 3. The number of hydrogen-bond donors (Lipinski definition) is 1. The highest BCUT2D eigenvalue weighted by molar-refractivity contribution is 7.17. The third-order valence-electron chi connectivity index (χ3n) is 6.61. The van der Waals surface area contributed by atoms with Gasteiger partial charge in [-0.2, -0.15) is 0 Å². The number of aliphatic hydroxyl groups is 1. The summed E-state index contributed by atoms with van der Waals surface area (Å²) in [7, 11) is 0. The molecule has 0 unspecified atom stereocenters. The van der Waals surface area contributed by atoms with E-state index in [4.69, 9.17) is 14.2 Å². The minimum atomic E-state index is -1.02. The van der Waals surface area contributed by atoms with Crippen molar-refractivity contribution in [2.24, 2.45) is 0 Å². The summed E-state index contributed by atoms with van der Waals surface area (Å²) >= 11 is 0.941. The maximum absolute atomic E-state index is 13.6. The fourth-order valence-corrected chi connectivity index (χ4v) is 5.87. The number of rotatable bonds is 8. The average Bonchev–Trinajstić information content (AvgIpc) is 3.59. The first kappa shape index (κ1) is 27.1. The summed E-state index contributed by atoms with van der Waals surface area (Å²) in [5.41, 5.74) is 2.09. The van der Waals surface area contributed by atoms with Crippen LogP contribution in [0.4, 0.5) is 5.13 Å². The van der Waals surface area contributed by atoms with E-state index in [-0.39, 0.29) is 34.1 Å². The molecule has 2 aliphatic heterocycles. The summed E-state index contributed by atoms with van der Waals surface area (Å²) in [5.74, 6) is -1.39. The number of ether oxygens (including phenoxy) is 3. The van der Waals surface area contributed by atoms with Gasteiger partial charge in [-0.15, -0.1) is 0 Å². The van der Waals surface area contributed by atoms with Gasteiger partial charge in [0.05, 0.1) is 23.9 Å². The van der Waals surface area contributed by atoms with Crippen LogP contribution in [0.25, 0.3) is 5.76 Å². The Morgan fingerprint density at radius 1 is 1.27 bits per heavy atom. The number of fused-ring (bicyclic) bond motifs is 1. The van der Waals surface area contributed by atoms with E-state index < -0.39 is 23.7 Å². The van der Waals surface area contributed by atoms with Crippen LogP contribution in [0.15, 0.2) is 60.7 Å². The standard InChI is InChI=1S/C30H28N2O7S/c1-5-12-38-29(36)27-17(4)31-30(40-27)32-24(18-8-7-9-21(15-18)37-6-2)23(26(34)28(32)35)25(33)19-10-11-22-20(14-19)13-16(3)39-22/h5,7-11,14-16,24,33H,1,6,12-13H2,2-4H3/t16-,24+/m1/s1. The lowest BCUT2D eigenvalue weighted by molar-refractivity contribution is -0.132. The van der Waals surface area contributed by atoms with Crippen LogP contribution in [-0.4, -0.2) is 47.1 Å². The molecule has 0 spiro atoms. The van der Waals surface area contributed by atoms with Gasteiger partial charge in [-0.1, -0.05) is 36.1 Å². The molecule has 1 N–H and O–H groups in total. The van der Waals surface area contributed by atoms with Gasteiger partial charge in [0.15, 0.2) is 5.13 Å². The number of anilines is 1. The van der Waals surface area contributed by atoms with Gasteiger partial charge in [0.2, 0.25) is 0 Å². The highest BCUT2D eigenvalue weighted by Crippen LogP contribution is 2.45. The van der Waals surface area contributed by atoms with E-state index in [0.717, 1.165) is 22.6 Å². The van der Waals surface area contributed by atoms with Gasteiger partial charge >= 0.3 is 11.9 Å². The van der Waals surface area contributed by atoms with E-state index in [1.165, 1.54) is 11.0 Å². The molecule has 0 radical (unpaired) electrons. The Bertz CT molecular complexity index is 1560. The number of aliphatic hydroxyl groups excluding tert-OH is 1. The molecule has 9 nitrogen and oxygen atoms in total. The van der Waals surface area contributed by atoms with Gasteiger partial charge in [-0.05, 0) is 62.2 Å². The number of thiazole rings is 1. The largest absolute Gasteiger partial charge is 0.507 e. The third-order valence-corrected chi connectivity index (χ3v) is 7.74. The molecule has 206 valence electrons. The molecule has 0 saturated carbocycles. The maximum Gasteiger partial charge on any atom is 0.350 e. The topological polar surface area (TPSA) is 115 Å². The van der Waals surface area contributed by atoms with Crippen LogP contribution in [0, 0.1) is 6.92 Å². The second-order valence-corrected chi connectivity index (χ2v) is 10.4. The van der Waals surface area contributed by atoms with Crippen molar-refractivity contribution in [1.82, 2.24) is 4.98 Å². The number of ketones is 1. The SMILES string of the molecule is C=CCOC(=O)c1sc(N2C(=O)C(=O)C(=C(O)c3ccc4c(c3)C[C@@H](C)O4)[C@@H]2c2cccc(OCC)c2)nc1C. The molecule has 1 saturated heterocycles. The Hall–Kier alpha value is -4.44. The van der Waals surface area contributed by atoms with Crippen LogP contribution in [0.5, 0.6) is 11.5 Å². The summed E-state index contributed by atoms with van der Waals surface area (Å²) in [6.07, 6.45) is 2.11. The maximum atomic E-state index is 13.6. The smallest absolute Gasteiger partial charge is 0.350 e. The Labute approximate surface area is 235 Å². The van der Waals surface area contributed by atoms with E-state index in [1.54, 1.807) is 49.4 Å². The van der Waals surface area contributed by atoms with E-state index in [1.807, 2.05) is 13.8 Å². The summed E-state index contributed by atoms with van der Waals surface area (Å²) in [6.45, 7) is 9.41. The second kappa shape index (κ2) is 11.0. The van der Waals surface area contributed by atoms with Crippen molar-refractivity contribution in [1.29, 1.82) is 0 Å². The number of esters is 1. The van der Waals surface area contributed by atoms with Gasteiger partial charge in [0, 0.05) is 12.0 Å². The van der Waals surface area contributed by atoms with Crippen molar-refractivity contribution in [2.75, 3.05) is 18.1 Å². The zero-order chi connectivity index (χ0) is 28.6. The average molecular weight is 561 g/mol. The van der Waals surface area contributed by atoms with Crippen molar-refractivity contribution in [3.05, 3.63) is 88.0 Å². The molecule has 2 aromatic carbocycles. The molecule has 3 aromatic rings. The number of aryl methyl sites for hydroxylation is 1. The molecule has 2 atom stereocenters. The van der Waals surface area contributed by atoms with Crippen LogP contribution in [0.2, 0.25) is 0 Å². The summed E-state index contributed by atoms with van der Waals surface area (Å²) in [5, 5.41) is 11.7. The van der Waals surface area contributed by atoms with Gasteiger partial charge in [0.25, 0.3) is 5.78 Å². The lowest BCUT2D eigenvalue weighted by atomic mass is 9.94. The molecule has 40 heavy (non-hydrogen) atoms. The molecule has 1 aromatic heterocycles. The minimum absolute atomic E-state index is 0.000195. The number of amides is 1. The van der Waals surface area contributed by atoms with Crippen LogP contribution >= 0.6 is 11.3 Å². The van der Waals surface area contributed by atoms with Gasteiger partial charge in [-0.3, -0.25) is 14.5 Å². The molecule has 3 heterocycles. The lowest BCUT2D eigenvalue weighted by Gasteiger charge is -2.23. The Balaban J connectivity index is 1.65. The molecule has 0 bridgehead atoms. The van der Waals surface area contributed by atoms with Crippen molar-refractivity contribution < 1.29 is 33.7 Å². The first-order valence-electron chi connectivity index (χ1n) is 12.8. The Kier molecular flexibility index (Phi) is 7.44. The highest BCUT2D eigenvalue weighted by Gasteiger charge is 2.48. The normalized spacial score (nSPS) is 19.3. The number of aromatic nitrogens is 1. The van der Waals surface area contributed by atoms with Crippen LogP contribution in [-0.2, 0) is 20.7 Å². The van der Waals surface area contributed by atoms with E-state index >= 15 is 0 Å². The molecule has 10 heteroatoms. The summed E-state index contributed by atoms with van der Waals surface area (Å²) in [6, 6.07) is 11.1. The molecule has 1 fully saturated rings. The molecule has 5 rings (SSSR count). The van der Waals surface area contributed by atoms with Crippen LogP contribution < -0.4 is 14.4 Å². The molecule has 0 aliphatic carbocycles. The fourth-order valence-electron chi connectivity index (χ4n) is 4.89. The zero-order valence-corrected chi connectivity index (χ0v) is 23.1. The van der Waals surface area contributed by atoms with Gasteiger partial charge in [0.1, 0.15) is 34.8 Å². The number of benzene rings is 2. The molecule has 2 aliphatic rings. The summed E-state index contributed by atoms with van der Waals surface area (Å²) < 4.78 is 16.6. The monoisotopic (exact) mass is 560 g/mol. The molecular formula is C30H28N2O7S. The van der Waals surface area contributed by atoms with Crippen molar-refractivity contribution >= 4 is 39.9 Å². The zero-order valence-electron chi connectivity index (χ0n) is 22.3. The first-order valence-corrected chi connectivity index (χ1v) is 13.6. The van der Waals surface area contributed by atoms with Crippen LogP contribution in [0.1, 0.15) is 51.9 Å². The first-order chi connectivity index (χ1) is 19.2. The van der Waals surface area contributed by atoms with Crippen molar-refractivity contribution in [3.63, 3.8) is 0 Å². The quantitative estimate of drug-likeness (QED) is 0.132. The number of Topliss-reactive ketones (excluding diaryl/α,β-unsaturated/α-hetero) is 1. The van der Waals surface area contributed by atoms with Crippen LogP contribution in [0.3, 0.4) is 0 Å². The van der Waals surface area contributed by atoms with E-state index in [0.29, 0.717) is 35.6 Å². The van der Waals surface area contributed by atoms with Crippen molar-refractivity contribution in [3.8, 4) is 11.5 Å². The lowest BCUT2D eigenvalue weighted by Crippen LogP contribution is -2.29. The minimum Gasteiger partial charge on any atom is -0.507 e. The predicted octanol–water partition coefficient (Wildman–Crippen LogP) is 5.14. The molecular weight excluding hydrogens is 532 g/mol. The summed E-state index contributed by atoms with van der Waals surface area (Å²) in [4.78, 5) is 45.6. The number of nitrogens with zero attached hydrogens (tertiary/aromatic N) is 2. The highest BCUT2D eigenvalue weighted by atomic mass is 32.1.